The van der Waals surface area contributed by atoms with Crippen molar-refractivity contribution in [3.8, 4) is 5.75 Å². The predicted molar refractivity (Wildman–Crippen MR) is 94.5 cm³/mol. The first-order valence-electron chi connectivity index (χ1n) is 8.52. The number of carbonyl (C=O) groups excluding carboxylic acids is 1. The van der Waals surface area contributed by atoms with Crippen LogP contribution >= 0.6 is 0 Å². The molecule has 2 aliphatic rings. The maximum absolute atomic E-state index is 12.4. The Morgan fingerprint density at radius 1 is 1.12 bits per heavy atom. The fourth-order valence-electron chi connectivity index (χ4n) is 3.52. The van der Waals surface area contributed by atoms with Gasteiger partial charge in [-0.15, -0.1) is 0 Å². The summed E-state index contributed by atoms with van der Waals surface area (Å²) < 4.78 is 5.51. The first-order valence-corrected chi connectivity index (χ1v) is 8.52. The Kier molecular flexibility index (Phi) is 3.98. The van der Waals surface area contributed by atoms with Crippen molar-refractivity contribution in [1.29, 1.82) is 0 Å². The molecule has 0 bridgehead atoms. The minimum absolute atomic E-state index is 0.0259. The number of ether oxygens (including phenoxy) is 1. The highest BCUT2D eigenvalue weighted by atomic mass is 16.5. The molecule has 1 amide bonds. The van der Waals surface area contributed by atoms with Crippen molar-refractivity contribution >= 4 is 11.6 Å². The van der Waals surface area contributed by atoms with Gasteiger partial charge < -0.3 is 15.0 Å². The zero-order chi connectivity index (χ0) is 16.5. The third kappa shape index (κ3) is 3.15. The lowest BCUT2D eigenvalue weighted by Gasteiger charge is -2.25. The molecule has 0 radical (unpaired) electrons. The van der Waals surface area contributed by atoms with Gasteiger partial charge in [0, 0.05) is 25.2 Å². The second kappa shape index (κ2) is 6.29. The van der Waals surface area contributed by atoms with Gasteiger partial charge in [0.2, 0.25) is 5.91 Å². The van der Waals surface area contributed by atoms with Gasteiger partial charge in [-0.05, 0) is 53.9 Å². The molecule has 0 fully saturated rings. The molecule has 2 aliphatic heterocycles. The molecular weight excluding hydrogens is 300 g/mol. The summed E-state index contributed by atoms with van der Waals surface area (Å²) in [5, 5.41) is 3.03. The van der Waals surface area contributed by atoms with Gasteiger partial charge in [0.1, 0.15) is 5.75 Å². The van der Waals surface area contributed by atoms with Gasteiger partial charge in [0.25, 0.3) is 0 Å². The van der Waals surface area contributed by atoms with E-state index < -0.39 is 0 Å². The maximum atomic E-state index is 12.4. The molecule has 4 nitrogen and oxygen atoms in total. The molecule has 0 aliphatic carbocycles. The van der Waals surface area contributed by atoms with Crippen molar-refractivity contribution in [2.75, 3.05) is 25.5 Å². The number of fused-ring (bicyclic) bond motifs is 2. The SMILES string of the molecule is CN1CCc2ccc(NC(=O)Cc3ccc4c(c3)CCO4)cc2C1. The standard InChI is InChI=1S/C20H22N2O2/c1-22-8-6-15-3-4-18(12-17(15)13-22)21-20(23)11-14-2-5-19-16(10-14)7-9-24-19/h2-5,10,12H,6-9,11,13H2,1H3,(H,21,23). The summed E-state index contributed by atoms with van der Waals surface area (Å²) in [7, 11) is 2.13. The number of rotatable bonds is 3. The van der Waals surface area contributed by atoms with E-state index >= 15 is 0 Å². The number of anilines is 1. The van der Waals surface area contributed by atoms with Crippen molar-refractivity contribution in [2.24, 2.45) is 0 Å². The molecule has 124 valence electrons. The van der Waals surface area contributed by atoms with E-state index in [2.05, 4.69) is 35.5 Å². The fourth-order valence-corrected chi connectivity index (χ4v) is 3.52. The van der Waals surface area contributed by atoms with Crippen molar-refractivity contribution in [3.63, 3.8) is 0 Å². The summed E-state index contributed by atoms with van der Waals surface area (Å²) in [6, 6.07) is 12.3. The Labute approximate surface area is 142 Å². The van der Waals surface area contributed by atoms with Crippen LogP contribution in [0.2, 0.25) is 0 Å². The highest BCUT2D eigenvalue weighted by Crippen LogP contribution is 2.26. The molecule has 2 aromatic rings. The van der Waals surface area contributed by atoms with E-state index in [0.29, 0.717) is 6.42 Å². The van der Waals surface area contributed by atoms with Crippen molar-refractivity contribution < 1.29 is 9.53 Å². The van der Waals surface area contributed by atoms with Gasteiger partial charge in [-0.25, -0.2) is 0 Å². The van der Waals surface area contributed by atoms with E-state index in [0.717, 1.165) is 49.5 Å². The summed E-state index contributed by atoms with van der Waals surface area (Å²) in [6.07, 6.45) is 2.41. The van der Waals surface area contributed by atoms with E-state index in [9.17, 15) is 4.79 Å². The van der Waals surface area contributed by atoms with Crippen LogP contribution < -0.4 is 10.1 Å². The van der Waals surface area contributed by atoms with Gasteiger partial charge >= 0.3 is 0 Å². The Balaban J connectivity index is 1.43. The first kappa shape index (κ1) is 15.2. The zero-order valence-electron chi connectivity index (χ0n) is 14.0. The number of benzene rings is 2. The highest BCUT2D eigenvalue weighted by Gasteiger charge is 2.15. The molecule has 0 aromatic heterocycles. The Bertz CT molecular complexity index is 785. The first-order chi connectivity index (χ1) is 11.7. The number of amides is 1. The molecule has 2 aromatic carbocycles. The molecular formula is C20H22N2O2. The van der Waals surface area contributed by atoms with Crippen LogP contribution in [-0.4, -0.2) is 31.0 Å². The third-order valence-corrected chi connectivity index (χ3v) is 4.81. The van der Waals surface area contributed by atoms with Gasteiger partial charge in [0.05, 0.1) is 13.0 Å². The van der Waals surface area contributed by atoms with Crippen LogP contribution in [-0.2, 0) is 30.6 Å². The number of likely N-dealkylation sites (N-methyl/N-ethyl adjacent to an activating group) is 1. The number of hydrogen-bond donors (Lipinski definition) is 1. The lowest BCUT2D eigenvalue weighted by atomic mass is 9.99. The van der Waals surface area contributed by atoms with Gasteiger partial charge in [-0.1, -0.05) is 18.2 Å². The lowest BCUT2D eigenvalue weighted by molar-refractivity contribution is -0.115. The minimum atomic E-state index is 0.0259. The summed E-state index contributed by atoms with van der Waals surface area (Å²) in [5.41, 5.74) is 5.84. The maximum Gasteiger partial charge on any atom is 0.228 e. The Morgan fingerprint density at radius 3 is 2.96 bits per heavy atom. The van der Waals surface area contributed by atoms with Crippen molar-refractivity contribution in [1.82, 2.24) is 4.90 Å². The van der Waals surface area contributed by atoms with Gasteiger partial charge in [-0.3, -0.25) is 4.79 Å². The molecule has 2 heterocycles. The topological polar surface area (TPSA) is 41.6 Å². The number of hydrogen-bond acceptors (Lipinski definition) is 3. The monoisotopic (exact) mass is 322 g/mol. The lowest BCUT2D eigenvalue weighted by Crippen LogP contribution is -2.26. The number of nitrogens with zero attached hydrogens (tertiary/aromatic N) is 1. The molecule has 0 saturated carbocycles. The van der Waals surface area contributed by atoms with E-state index in [1.165, 1.54) is 16.7 Å². The normalized spacial score (nSPS) is 16.2. The summed E-state index contributed by atoms with van der Waals surface area (Å²) in [4.78, 5) is 14.7. The molecule has 0 saturated heterocycles. The summed E-state index contributed by atoms with van der Waals surface area (Å²) >= 11 is 0. The van der Waals surface area contributed by atoms with Crippen LogP contribution in [0.3, 0.4) is 0 Å². The zero-order valence-corrected chi connectivity index (χ0v) is 14.0. The average molecular weight is 322 g/mol. The second-order valence-electron chi connectivity index (χ2n) is 6.74. The quantitative estimate of drug-likeness (QED) is 0.945. The molecule has 4 rings (SSSR count). The summed E-state index contributed by atoms with van der Waals surface area (Å²) in [5.74, 6) is 0.982. The van der Waals surface area contributed by atoms with Gasteiger partial charge in [-0.2, -0.15) is 0 Å². The smallest absolute Gasteiger partial charge is 0.228 e. The van der Waals surface area contributed by atoms with Crippen LogP contribution in [0.5, 0.6) is 5.75 Å². The van der Waals surface area contributed by atoms with Crippen molar-refractivity contribution in [2.45, 2.75) is 25.8 Å². The minimum Gasteiger partial charge on any atom is -0.493 e. The van der Waals surface area contributed by atoms with Crippen LogP contribution in [0.15, 0.2) is 36.4 Å². The predicted octanol–water partition coefficient (Wildman–Crippen LogP) is 2.79. The second-order valence-corrected chi connectivity index (χ2v) is 6.74. The van der Waals surface area contributed by atoms with Crippen LogP contribution in [0, 0.1) is 0 Å². The molecule has 0 atom stereocenters. The van der Waals surface area contributed by atoms with Gasteiger partial charge in [0.15, 0.2) is 0 Å². The summed E-state index contributed by atoms with van der Waals surface area (Å²) in [6.45, 7) is 2.79. The van der Waals surface area contributed by atoms with Crippen molar-refractivity contribution in [3.05, 3.63) is 58.7 Å². The Hall–Kier alpha value is -2.33. The molecule has 4 heteroatoms. The third-order valence-electron chi connectivity index (χ3n) is 4.81. The number of carbonyl (C=O) groups is 1. The highest BCUT2D eigenvalue weighted by molar-refractivity contribution is 5.92. The average Bonchev–Trinajstić information content (AvgIpc) is 3.02. The van der Waals surface area contributed by atoms with E-state index in [-0.39, 0.29) is 5.91 Å². The Morgan fingerprint density at radius 2 is 2.04 bits per heavy atom. The van der Waals surface area contributed by atoms with E-state index in [4.69, 9.17) is 4.74 Å². The molecule has 0 spiro atoms. The van der Waals surface area contributed by atoms with Crippen LogP contribution in [0.1, 0.15) is 22.3 Å². The molecule has 1 N–H and O–H groups in total. The van der Waals surface area contributed by atoms with E-state index in [1.807, 2.05) is 18.2 Å². The van der Waals surface area contributed by atoms with E-state index in [1.54, 1.807) is 0 Å². The van der Waals surface area contributed by atoms with Crippen LogP contribution in [0.25, 0.3) is 0 Å². The molecule has 24 heavy (non-hydrogen) atoms. The fraction of sp³-hybridized carbons (Fsp3) is 0.350. The number of nitrogens with one attached hydrogen (secondary N) is 1. The molecule has 0 unspecified atom stereocenters. The van der Waals surface area contributed by atoms with Crippen LogP contribution in [0.4, 0.5) is 5.69 Å². The largest absolute Gasteiger partial charge is 0.493 e.